The van der Waals surface area contributed by atoms with Crippen LogP contribution in [-0.2, 0) is 42.3 Å². The van der Waals surface area contributed by atoms with E-state index >= 15 is 0 Å². The molecule has 2 aliphatic rings. The highest BCUT2D eigenvalue weighted by atomic mass is 79.9. The first-order valence-electron chi connectivity index (χ1n) is 18.8. The van der Waals surface area contributed by atoms with Crippen LogP contribution in [0.4, 0.5) is 0 Å². The number of hydrogen-bond donors (Lipinski definition) is 2. The zero-order chi connectivity index (χ0) is 39.1. The van der Waals surface area contributed by atoms with Crippen LogP contribution in [0, 0.1) is 17.8 Å². The lowest BCUT2D eigenvalue weighted by molar-refractivity contribution is -0.105. The average Bonchev–Trinajstić information content (AvgIpc) is 3.83. The van der Waals surface area contributed by atoms with Crippen LogP contribution in [0.5, 0.6) is 0 Å². The molecule has 0 amide bonds. The molecule has 0 saturated carbocycles. The summed E-state index contributed by atoms with van der Waals surface area (Å²) >= 11 is 3.39. The van der Waals surface area contributed by atoms with E-state index in [0.29, 0.717) is 12.2 Å². The van der Waals surface area contributed by atoms with Crippen molar-refractivity contribution in [3.8, 4) is 0 Å². The number of fused-ring (bicyclic) bond motifs is 3. The summed E-state index contributed by atoms with van der Waals surface area (Å²) in [5, 5.41) is 17.9. The second kappa shape index (κ2) is 21.8. The molecule has 8 heteroatoms. The summed E-state index contributed by atoms with van der Waals surface area (Å²) in [6.45, 7) is 13.1. The van der Waals surface area contributed by atoms with E-state index in [-0.39, 0.29) is 0 Å². The third kappa shape index (κ3) is 14.5. The maximum absolute atomic E-state index is 10.9. The Kier molecular flexibility index (Phi) is 17.9. The van der Waals surface area contributed by atoms with Gasteiger partial charge in [-0.2, -0.15) is 0 Å². The Morgan fingerprint density at radius 3 is 1.68 bits per heavy atom. The summed E-state index contributed by atoms with van der Waals surface area (Å²) in [6, 6.07) is 21.1. The molecule has 0 unspecified atom stereocenters. The van der Waals surface area contributed by atoms with Gasteiger partial charge in [0, 0.05) is 35.3 Å². The van der Waals surface area contributed by atoms with Gasteiger partial charge < -0.3 is 14.6 Å². The molecule has 53 heavy (non-hydrogen) atoms. The molecule has 282 valence electrons. The SMILES string of the molecule is CC(C)CCB(O)O.CC(C)CCc1ccc2c(c1)C=C(C=O)C2.CC(C)CCc1ccc2c(c1)cc(C=O)n2C.O=CC1=Cc2cc(Br)ccc2C1. The van der Waals surface area contributed by atoms with Crippen molar-refractivity contribution in [1.29, 1.82) is 0 Å². The number of carbonyl (C=O) groups excluding carboxylic acids is 3. The predicted octanol–water partition coefficient (Wildman–Crippen LogP) is 10.1. The van der Waals surface area contributed by atoms with E-state index in [1.165, 1.54) is 40.7 Å². The van der Waals surface area contributed by atoms with Crippen LogP contribution in [0.15, 0.2) is 76.3 Å². The highest BCUT2D eigenvalue weighted by molar-refractivity contribution is 9.10. The highest BCUT2D eigenvalue weighted by Crippen LogP contribution is 2.27. The van der Waals surface area contributed by atoms with Gasteiger partial charge in [-0.15, -0.1) is 0 Å². The monoisotopic (exact) mass is 781 g/mol. The summed E-state index contributed by atoms with van der Waals surface area (Å²) in [6.07, 6.45) is 14.4. The number of benzene rings is 3. The van der Waals surface area contributed by atoms with Crippen LogP contribution in [0.1, 0.15) is 105 Å². The predicted molar refractivity (Wildman–Crippen MR) is 225 cm³/mol. The average molecular weight is 783 g/mol. The number of carbonyl (C=O) groups is 3. The molecule has 0 radical (unpaired) electrons. The molecule has 6 nitrogen and oxygen atoms in total. The topological polar surface area (TPSA) is 96.6 Å². The summed E-state index contributed by atoms with van der Waals surface area (Å²) in [5.74, 6) is 2.04. The number of halogens is 1. The van der Waals surface area contributed by atoms with Gasteiger partial charge in [-0.1, -0.05) is 94.2 Å². The van der Waals surface area contributed by atoms with Gasteiger partial charge in [0.15, 0.2) is 6.29 Å². The maximum Gasteiger partial charge on any atom is 0.451 e. The number of hydrogen-bond acceptors (Lipinski definition) is 5. The van der Waals surface area contributed by atoms with Crippen molar-refractivity contribution in [2.24, 2.45) is 24.8 Å². The number of rotatable bonds is 12. The van der Waals surface area contributed by atoms with Crippen molar-refractivity contribution in [2.75, 3.05) is 0 Å². The molecular weight excluding hydrogens is 725 g/mol. The summed E-state index contributed by atoms with van der Waals surface area (Å²) in [7, 11) is 0.817. The summed E-state index contributed by atoms with van der Waals surface area (Å²) in [4.78, 5) is 32.1. The number of aryl methyl sites for hydroxylation is 3. The normalized spacial score (nSPS) is 12.5. The van der Waals surface area contributed by atoms with Crippen molar-refractivity contribution in [3.05, 3.63) is 115 Å². The molecule has 0 atom stereocenters. The molecule has 2 N–H and O–H groups in total. The van der Waals surface area contributed by atoms with Crippen molar-refractivity contribution >= 4 is 65.0 Å². The number of allylic oxidation sites excluding steroid dienone is 2. The van der Waals surface area contributed by atoms with E-state index in [4.69, 9.17) is 10.0 Å². The zero-order valence-corrected chi connectivity index (χ0v) is 34.2. The first-order valence-corrected chi connectivity index (χ1v) is 19.6. The standard InChI is InChI=1S/C15H19NO.C15H18O.C10H7BrO.C5H13BO2/c1-11(2)4-5-12-6-7-15-13(8-12)9-14(10-17)16(15)3;1-11(2)3-4-12-5-6-14-8-13(10-16)9-15(14)7-12;11-10-2-1-8-3-7(6-12)4-9(8)5-10;1-5(2)3-4-6(7)8/h6-11H,4-5H2,1-3H3;5-7,9-11H,3-4,8H2,1-2H3;1-2,4-6H,3H2;5,7-8H,3-4H2,1-2H3. The highest BCUT2D eigenvalue weighted by Gasteiger charge is 2.13. The van der Waals surface area contributed by atoms with Crippen molar-refractivity contribution in [2.45, 2.75) is 92.8 Å². The molecule has 6 rings (SSSR count). The smallest absolute Gasteiger partial charge is 0.427 e. The van der Waals surface area contributed by atoms with Gasteiger partial charge in [0.1, 0.15) is 12.6 Å². The van der Waals surface area contributed by atoms with E-state index in [9.17, 15) is 14.4 Å². The van der Waals surface area contributed by atoms with Gasteiger partial charge in [-0.05, 0) is 137 Å². The van der Waals surface area contributed by atoms with Gasteiger partial charge >= 0.3 is 7.12 Å². The molecule has 4 aromatic rings. The molecule has 3 aromatic carbocycles. The van der Waals surface area contributed by atoms with E-state index in [1.54, 1.807) is 0 Å². The molecule has 0 fully saturated rings. The Morgan fingerprint density at radius 2 is 1.19 bits per heavy atom. The lowest BCUT2D eigenvalue weighted by Gasteiger charge is -2.06. The molecule has 1 aromatic heterocycles. The quantitative estimate of drug-likeness (QED) is 0.110. The van der Waals surface area contributed by atoms with E-state index in [1.807, 2.05) is 48.0 Å². The van der Waals surface area contributed by atoms with Gasteiger partial charge in [-0.25, -0.2) is 0 Å². The molecule has 0 spiro atoms. The van der Waals surface area contributed by atoms with E-state index in [2.05, 4.69) is 93.9 Å². The maximum atomic E-state index is 10.9. The third-order valence-corrected chi connectivity index (χ3v) is 9.87. The Hall–Kier alpha value is -3.85. The van der Waals surface area contributed by atoms with Crippen molar-refractivity contribution < 1.29 is 24.4 Å². The van der Waals surface area contributed by atoms with Crippen molar-refractivity contribution in [1.82, 2.24) is 4.57 Å². The van der Waals surface area contributed by atoms with Gasteiger partial charge in [0.2, 0.25) is 0 Å². The van der Waals surface area contributed by atoms with Gasteiger partial charge in [-0.3, -0.25) is 14.4 Å². The Bertz CT molecular complexity index is 1880. The van der Waals surface area contributed by atoms with Crippen LogP contribution in [0.2, 0.25) is 6.32 Å². The van der Waals surface area contributed by atoms with Crippen LogP contribution >= 0.6 is 15.9 Å². The number of aromatic nitrogens is 1. The second-order valence-electron chi connectivity index (χ2n) is 15.4. The number of nitrogens with zero attached hydrogens (tertiary/aromatic N) is 1. The molecule has 0 aliphatic heterocycles. The fourth-order valence-corrected chi connectivity index (χ4v) is 6.51. The minimum Gasteiger partial charge on any atom is -0.427 e. The lowest BCUT2D eigenvalue weighted by Crippen LogP contribution is -2.10. The first kappa shape index (κ1) is 43.6. The van der Waals surface area contributed by atoms with E-state index in [0.717, 1.165) is 101 Å². The third-order valence-electron chi connectivity index (χ3n) is 9.38. The summed E-state index contributed by atoms with van der Waals surface area (Å²) in [5.41, 5.74) is 11.3. The fraction of sp³-hybridized carbons (Fsp3) is 0.400. The molecular formula is C45H57BBrNO5. The van der Waals surface area contributed by atoms with Crippen LogP contribution in [0.3, 0.4) is 0 Å². The largest absolute Gasteiger partial charge is 0.451 e. The lowest BCUT2D eigenvalue weighted by atomic mass is 9.82. The number of aldehydes is 3. The van der Waals surface area contributed by atoms with Crippen LogP contribution in [0.25, 0.3) is 23.1 Å². The van der Waals surface area contributed by atoms with Crippen LogP contribution in [-0.4, -0.2) is 40.6 Å². The fourth-order valence-electron chi connectivity index (χ4n) is 6.13. The van der Waals surface area contributed by atoms with Crippen LogP contribution < -0.4 is 0 Å². The molecule has 0 saturated heterocycles. The van der Waals surface area contributed by atoms with Crippen molar-refractivity contribution in [3.63, 3.8) is 0 Å². The van der Waals surface area contributed by atoms with E-state index < -0.39 is 7.12 Å². The Morgan fingerprint density at radius 1 is 0.679 bits per heavy atom. The molecule has 0 bridgehead atoms. The minimum absolute atomic E-state index is 0.498. The minimum atomic E-state index is -1.11. The Balaban J connectivity index is 0.000000197. The molecule has 1 heterocycles. The van der Waals surface area contributed by atoms with Gasteiger partial charge in [0.25, 0.3) is 0 Å². The zero-order valence-electron chi connectivity index (χ0n) is 32.6. The Labute approximate surface area is 325 Å². The molecule has 2 aliphatic carbocycles. The van der Waals surface area contributed by atoms with Gasteiger partial charge in [0.05, 0.1) is 5.69 Å². The summed E-state index contributed by atoms with van der Waals surface area (Å²) < 4.78 is 3.00. The second-order valence-corrected chi connectivity index (χ2v) is 16.3. The first-order chi connectivity index (χ1) is 25.2.